The fraction of sp³-hybridized carbons (Fsp3) is 0.953. The zero-order valence-electron chi connectivity index (χ0n) is 34.6. The second kappa shape index (κ2) is 18.1. The Kier molecular flexibility index (Phi) is 14.1. The molecule has 2 amide bonds. The molecule has 5 N–H and O–H groups in total. The number of nitrogens with zero attached hydrogens (tertiary/aromatic N) is 2. The van der Waals surface area contributed by atoms with Crippen LogP contribution in [0.15, 0.2) is 0 Å². The van der Waals surface area contributed by atoms with Crippen LogP contribution in [-0.4, -0.2) is 121 Å². The number of nitrogens with one attached hydrogen (secondary N) is 2. The van der Waals surface area contributed by atoms with Crippen molar-refractivity contribution >= 4 is 11.8 Å². The fourth-order valence-electron chi connectivity index (χ4n) is 12.7. The van der Waals surface area contributed by atoms with Crippen LogP contribution in [-0.2, 0) is 19.2 Å². The number of carbonyl (C=O) groups excluding carboxylic acids is 2. The summed E-state index contributed by atoms with van der Waals surface area (Å²) in [6, 6.07) is -0.547. The van der Waals surface area contributed by atoms with Crippen molar-refractivity contribution in [1.29, 1.82) is 0 Å². The minimum absolute atomic E-state index is 0.0188. The minimum atomic E-state index is -0.835. The number of hydrogen-bond acceptors (Lipinski definition) is 9. The summed E-state index contributed by atoms with van der Waals surface area (Å²) in [5, 5.41) is 40.2. The van der Waals surface area contributed by atoms with Crippen molar-refractivity contribution in [2.45, 2.75) is 160 Å². The van der Waals surface area contributed by atoms with Gasteiger partial charge in [-0.25, -0.2) is 0 Å². The Morgan fingerprint density at radius 3 is 2.33 bits per heavy atom. The maximum atomic E-state index is 14.3. The third kappa shape index (κ3) is 8.87. The van der Waals surface area contributed by atoms with Gasteiger partial charge in [-0.3, -0.25) is 14.4 Å². The van der Waals surface area contributed by atoms with E-state index < -0.39 is 24.2 Å². The number of amides is 2. The largest absolute Gasteiger partial charge is 0.394 e. The molecule has 2 bridgehead atoms. The summed E-state index contributed by atoms with van der Waals surface area (Å²) in [6.45, 7) is 8.87. The van der Waals surface area contributed by atoms with E-state index >= 15 is 0 Å². The van der Waals surface area contributed by atoms with E-state index in [2.05, 4.69) is 50.4 Å². The SMILES string of the molecule is COC1C(CN2O[C@@H](CO)[C@@H]([C@H](C)O)[C@H]2C(=O)N[C@H]2C[C@H]3C[C@@H]([C@@H]2C)C3(C)C)CCCC1C1CC(C(=O)N[C@H](CO)CC2CCCCC2)CC(N(C)C)C1. The lowest BCUT2D eigenvalue weighted by Gasteiger charge is -2.62. The quantitative estimate of drug-likeness (QED) is 0.175. The molecule has 1 aliphatic heterocycles. The van der Waals surface area contributed by atoms with Gasteiger partial charge < -0.3 is 35.6 Å². The average Bonchev–Trinajstić information content (AvgIpc) is 3.53. The van der Waals surface area contributed by atoms with Gasteiger partial charge in [0, 0.05) is 43.5 Å². The van der Waals surface area contributed by atoms with Crippen LogP contribution < -0.4 is 10.6 Å². The maximum absolute atomic E-state index is 14.3. The molecule has 0 aromatic carbocycles. The Balaban J connectivity index is 1.15. The van der Waals surface area contributed by atoms with E-state index in [1.165, 1.54) is 38.5 Å². The highest BCUT2D eigenvalue weighted by Crippen LogP contribution is 2.61. The molecule has 7 aliphatic rings. The standard InChI is InChI=1S/C43H76N4O7/c1-25-35-20-31(43(35,3)4)21-36(25)45-42(52)39-38(26(2)50)37(24-49)54-47(39)22-28-14-11-15-34(40(28)53-7)29-17-30(19-33(18-29)46(5)6)41(51)44-32(23-48)16-27-12-9-8-10-13-27/h25-40,48-50H,8-24H2,1-7H3,(H,44,51)(H,45,52)/t25-,26-,28?,29?,30?,31+,32-,33?,34?,35-,36-,37-,38+,39-,40?/m0/s1. The zero-order chi connectivity index (χ0) is 38.9. The van der Waals surface area contributed by atoms with Crippen molar-refractivity contribution < 1.29 is 34.5 Å². The van der Waals surface area contributed by atoms with Crippen LogP contribution in [0.5, 0.6) is 0 Å². The molecule has 54 heavy (non-hydrogen) atoms. The summed E-state index contributed by atoms with van der Waals surface area (Å²) in [6.07, 6.45) is 13.2. The molecule has 7 fully saturated rings. The first-order chi connectivity index (χ1) is 25.8. The average molecular weight is 761 g/mol. The van der Waals surface area contributed by atoms with Crippen LogP contribution in [0.3, 0.4) is 0 Å². The Morgan fingerprint density at radius 2 is 1.72 bits per heavy atom. The molecule has 1 heterocycles. The number of carbonyl (C=O) groups is 2. The number of ether oxygens (including phenoxy) is 1. The maximum Gasteiger partial charge on any atom is 0.240 e. The molecule has 7 rings (SSSR count). The Bertz CT molecular complexity index is 1240. The smallest absolute Gasteiger partial charge is 0.240 e. The van der Waals surface area contributed by atoms with Crippen molar-refractivity contribution in [3.8, 4) is 0 Å². The molecule has 11 heteroatoms. The van der Waals surface area contributed by atoms with Crippen molar-refractivity contribution in [3.05, 3.63) is 0 Å². The summed E-state index contributed by atoms with van der Waals surface area (Å²) >= 11 is 0. The van der Waals surface area contributed by atoms with Crippen LogP contribution in [0.2, 0.25) is 0 Å². The van der Waals surface area contributed by atoms with E-state index in [1.807, 2.05) is 0 Å². The lowest BCUT2D eigenvalue weighted by molar-refractivity contribution is -0.193. The number of fused-ring (bicyclic) bond motifs is 2. The van der Waals surface area contributed by atoms with Gasteiger partial charge in [0.15, 0.2) is 0 Å². The van der Waals surface area contributed by atoms with Crippen LogP contribution in [0, 0.1) is 58.7 Å². The normalized spacial score (nSPS) is 41.2. The molecule has 11 nitrogen and oxygen atoms in total. The molecule has 1 saturated heterocycles. The van der Waals surface area contributed by atoms with E-state index in [0.717, 1.165) is 51.4 Å². The van der Waals surface area contributed by atoms with E-state index in [4.69, 9.17) is 9.57 Å². The zero-order valence-corrected chi connectivity index (χ0v) is 34.6. The monoisotopic (exact) mass is 761 g/mol. The Labute approximate surface area is 326 Å². The summed E-state index contributed by atoms with van der Waals surface area (Å²) in [5.41, 5.74) is 0.311. The molecular formula is C43H76N4O7. The molecule has 0 aromatic rings. The number of rotatable bonds is 14. The van der Waals surface area contributed by atoms with Gasteiger partial charge in [0.05, 0.1) is 31.5 Å². The number of hydroxylamine groups is 2. The lowest BCUT2D eigenvalue weighted by atomic mass is 9.45. The summed E-state index contributed by atoms with van der Waals surface area (Å²) in [5.74, 6) is 2.05. The second-order valence-corrected chi connectivity index (χ2v) is 19.7. The van der Waals surface area contributed by atoms with Crippen molar-refractivity contribution in [1.82, 2.24) is 20.6 Å². The Hall–Kier alpha value is -1.34. The molecule has 0 aromatic heterocycles. The molecule has 310 valence electrons. The lowest BCUT2D eigenvalue weighted by Crippen LogP contribution is -2.62. The minimum Gasteiger partial charge on any atom is -0.394 e. The molecule has 15 atom stereocenters. The van der Waals surface area contributed by atoms with Gasteiger partial charge >= 0.3 is 0 Å². The van der Waals surface area contributed by atoms with E-state index in [1.54, 1.807) is 19.1 Å². The fourth-order valence-corrected chi connectivity index (χ4v) is 12.7. The van der Waals surface area contributed by atoms with Crippen molar-refractivity contribution in [3.63, 3.8) is 0 Å². The van der Waals surface area contributed by atoms with Crippen LogP contribution in [0.25, 0.3) is 0 Å². The highest BCUT2D eigenvalue weighted by atomic mass is 16.7. The summed E-state index contributed by atoms with van der Waals surface area (Å²) < 4.78 is 6.40. The van der Waals surface area contributed by atoms with Gasteiger partial charge in [0.25, 0.3) is 0 Å². The van der Waals surface area contributed by atoms with Gasteiger partial charge in [-0.15, -0.1) is 0 Å². The number of hydrogen-bond donors (Lipinski definition) is 5. The van der Waals surface area contributed by atoms with E-state index in [0.29, 0.717) is 35.6 Å². The van der Waals surface area contributed by atoms with Gasteiger partial charge in [-0.1, -0.05) is 59.3 Å². The highest BCUT2D eigenvalue weighted by molar-refractivity contribution is 5.83. The first kappa shape index (κ1) is 42.3. The Morgan fingerprint density at radius 1 is 0.981 bits per heavy atom. The van der Waals surface area contributed by atoms with Gasteiger partial charge in [-0.05, 0) is 113 Å². The second-order valence-electron chi connectivity index (χ2n) is 19.7. The third-order valence-corrected chi connectivity index (χ3v) is 16.1. The first-order valence-corrected chi connectivity index (χ1v) is 21.9. The van der Waals surface area contributed by atoms with E-state index in [9.17, 15) is 24.9 Å². The third-order valence-electron chi connectivity index (χ3n) is 16.1. The predicted molar refractivity (Wildman–Crippen MR) is 209 cm³/mol. The molecule has 0 spiro atoms. The van der Waals surface area contributed by atoms with E-state index in [-0.39, 0.29) is 72.9 Å². The molecule has 6 aliphatic carbocycles. The van der Waals surface area contributed by atoms with Crippen LogP contribution in [0.1, 0.15) is 118 Å². The summed E-state index contributed by atoms with van der Waals surface area (Å²) in [4.78, 5) is 36.9. The van der Waals surface area contributed by atoms with Crippen molar-refractivity contribution in [2.24, 2.45) is 58.7 Å². The van der Waals surface area contributed by atoms with Gasteiger partial charge in [0.2, 0.25) is 11.8 Å². The van der Waals surface area contributed by atoms with Crippen LogP contribution in [0.4, 0.5) is 0 Å². The number of methoxy groups -OCH3 is 1. The number of aliphatic hydroxyl groups excluding tert-OH is 3. The first-order valence-electron chi connectivity index (χ1n) is 21.9. The van der Waals surface area contributed by atoms with Gasteiger partial charge in [0.1, 0.15) is 12.1 Å². The van der Waals surface area contributed by atoms with Crippen LogP contribution >= 0.6 is 0 Å². The topological polar surface area (TPSA) is 144 Å². The van der Waals surface area contributed by atoms with Crippen molar-refractivity contribution in [2.75, 3.05) is 41.0 Å². The van der Waals surface area contributed by atoms with Gasteiger partial charge in [-0.2, -0.15) is 5.06 Å². The predicted octanol–water partition coefficient (Wildman–Crippen LogP) is 4.37. The number of aliphatic hydroxyl groups is 3. The summed E-state index contributed by atoms with van der Waals surface area (Å²) in [7, 11) is 6.03. The molecule has 0 radical (unpaired) electrons. The molecular weight excluding hydrogens is 684 g/mol. The highest BCUT2D eigenvalue weighted by Gasteiger charge is 2.58. The molecule has 6 saturated carbocycles. The molecule has 6 unspecified atom stereocenters.